The topological polar surface area (TPSA) is 76.2 Å². The molecule has 0 unspecified atom stereocenters. The van der Waals surface area contributed by atoms with E-state index in [1.165, 1.54) is 0 Å². The molecule has 0 aliphatic rings. The lowest BCUT2D eigenvalue weighted by molar-refractivity contribution is 0.670. The summed E-state index contributed by atoms with van der Waals surface area (Å²) in [6.45, 7) is 2.03. The van der Waals surface area contributed by atoms with Crippen molar-refractivity contribution in [2.75, 3.05) is 7.05 Å². The van der Waals surface area contributed by atoms with Crippen molar-refractivity contribution < 1.29 is 4.42 Å². The quantitative estimate of drug-likeness (QED) is 0.138. The van der Waals surface area contributed by atoms with Crippen LogP contribution in [0.25, 0.3) is 72.9 Å². The number of para-hydroxylation sites is 2. The van der Waals surface area contributed by atoms with Crippen molar-refractivity contribution >= 4 is 33.5 Å². The fraction of sp³-hybridized carbons (Fsp3) is 0.0455. The number of hydrogen-bond donors (Lipinski definition) is 1. The minimum absolute atomic E-state index is 0.560. The third-order valence-electron chi connectivity index (χ3n) is 8.78. The number of aliphatic imine (C=N–C) groups is 1. The second-order valence-electron chi connectivity index (χ2n) is 11.8. The molecule has 8 rings (SSSR count). The molecule has 0 amide bonds. The molecular weight excluding hydrogens is 615 g/mol. The zero-order valence-corrected chi connectivity index (χ0v) is 27.7. The van der Waals surface area contributed by atoms with Gasteiger partial charge >= 0.3 is 0 Å². The lowest BCUT2D eigenvalue weighted by Gasteiger charge is -2.14. The van der Waals surface area contributed by atoms with Gasteiger partial charge < -0.3 is 9.73 Å². The molecule has 0 spiro atoms. The largest absolute Gasteiger partial charge is 0.455 e. The summed E-state index contributed by atoms with van der Waals surface area (Å²) >= 11 is 0. The summed E-state index contributed by atoms with van der Waals surface area (Å²) < 4.78 is 6.79. The lowest BCUT2D eigenvalue weighted by Crippen LogP contribution is -2.23. The molecule has 0 aliphatic heterocycles. The molecule has 1 N–H and O–H groups in total. The van der Waals surface area contributed by atoms with Gasteiger partial charge in [0.2, 0.25) is 0 Å². The number of allylic oxidation sites excluding steroid dienone is 1. The SMILES string of the molecule is C/C=C(\NC(=NC)c1ccccc1)c1ccc(-c2cccc3c2oc2c(-c4nc(-c5ccccc5)nc(-c5ccccc5)n4)cccc23)cc1. The number of furan rings is 1. The summed E-state index contributed by atoms with van der Waals surface area (Å²) in [6, 6.07) is 51.1. The highest BCUT2D eigenvalue weighted by molar-refractivity contribution is 6.12. The Morgan fingerprint density at radius 3 is 1.60 bits per heavy atom. The minimum atomic E-state index is 0.560. The van der Waals surface area contributed by atoms with E-state index in [9.17, 15) is 0 Å². The number of amidine groups is 1. The summed E-state index contributed by atoms with van der Waals surface area (Å²) in [5.41, 5.74) is 9.36. The summed E-state index contributed by atoms with van der Waals surface area (Å²) in [5, 5.41) is 5.56. The van der Waals surface area contributed by atoms with Gasteiger partial charge in [-0.2, -0.15) is 0 Å². The molecule has 2 aromatic heterocycles. The molecular formula is C44H33N5O. The average molecular weight is 648 g/mol. The smallest absolute Gasteiger partial charge is 0.167 e. The van der Waals surface area contributed by atoms with Gasteiger partial charge in [0.1, 0.15) is 17.0 Å². The van der Waals surface area contributed by atoms with Gasteiger partial charge in [-0.15, -0.1) is 0 Å². The number of nitrogens with zero attached hydrogens (tertiary/aromatic N) is 4. The van der Waals surface area contributed by atoms with Crippen LogP contribution in [0.1, 0.15) is 18.1 Å². The zero-order valence-electron chi connectivity index (χ0n) is 27.7. The first kappa shape index (κ1) is 30.7. The molecule has 0 aliphatic carbocycles. The predicted octanol–water partition coefficient (Wildman–Crippen LogP) is 10.5. The molecule has 6 heteroatoms. The zero-order chi connectivity index (χ0) is 33.9. The van der Waals surface area contributed by atoms with Gasteiger partial charge in [0.05, 0.1) is 5.56 Å². The average Bonchev–Trinajstić information content (AvgIpc) is 3.59. The van der Waals surface area contributed by atoms with Crippen molar-refractivity contribution in [2.24, 2.45) is 4.99 Å². The molecule has 2 heterocycles. The van der Waals surface area contributed by atoms with Crippen molar-refractivity contribution in [1.82, 2.24) is 20.3 Å². The molecule has 0 fully saturated rings. The first-order valence-electron chi connectivity index (χ1n) is 16.6. The summed E-state index contributed by atoms with van der Waals surface area (Å²) in [6.07, 6.45) is 2.07. The van der Waals surface area contributed by atoms with Crippen molar-refractivity contribution in [2.45, 2.75) is 6.92 Å². The van der Waals surface area contributed by atoms with Crippen LogP contribution in [-0.4, -0.2) is 27.8 Å². The van der Waals surface area contributed by atoms with Gasteiger partial charge in [-0.3, -0.25) is 4.99 Å². The monoisotopic (exact) mass is 647 g/mol. The number of benzene rings is 6. The van der Waals surface area contributed by atoms with Crippen LogP contribution in [0.5, 0.6) is 0 Å². The second-order valence-corrected chi connectivity index (χ2v) is 11.8. The van der Waals surface area contributed by atoms with Crippen LogP contribution >= 0.6 is 0 Å². The highest BCUT2D eigenvalue weighted by Gasteiger charge is 2.19. The molecule has 0 saturated carbocycles. The summed E-state index contributed by atoms with van der Waals surface area (Å²) in [4.78, 5) is 19.3. The number of aromatic nitrogens is 3. The summed E-state index contributed by atoms with van der Waals surface area (Å²) in [7, 11) is 1.80. The first-order valence-corrected chi connectivity index (χ1v) is 16.6. The lowest BCUT2D eigenvalue weighted by atomic mass is 10.00. The maximum atomic E-state index is 6.79. The first-order chi connectivity index (χ1) is 24.7. The fourth-order valence-electron chi connectivity index (χ4n) is 6.27. The van der Waals surface area contributed by atoms with E-state index in [-0.39, 0.29) is 0 Å². The van der Waals surface area contributed by atoms with Crippen LogP contribution < -0.4 is 5.32 Å². The molecule has 50 heavy (non-hydrogen) atoms. The molecule has 6 aromatic carbocycles. The molecule has 0 bridgehead atoms. The van der Waals surface area contributed by atoms with Crippen LogP contribution in [0.4, 0.5) is 0 Å². The molecule has 6 nitrogen and oxygen atoms in total. The van der Waals surface area contributed by atoms with E-state index < -0.39 is 0 Å². The van der Waals surface area contributed by atoms with E-state index in [0.29, 0.717) is 17.5 Å². The summed E-state index contributed by atoms with van der Waals surface area (Å²) in [5.74, 6) is 2.60. The van der Waals surface area contributed by atoms with Gasteiger partial charge in [0.15, 0.2) is 17.5 Å². The predicted molar refractivity (Wildman–Crippen MR) is 205 cm³/mol. The number of hydrogen-bond acceptors (Lipinski definition) is 5. The van der Waals surface area contributed by atoms with Crippen LogP contribution in [0.3, 0.4) is 0 Å². The Morgan fingerprint density at radius 2 is 1.04 bits per heavy atom. The highest BCUT2D eigenvalue weighted by Crippen LogP contribution is 2.40. The van der Waals surface area contributed by atoms with Crippen molar-refractivity contribution in [3.63, 3.8) is 0 Å². The van der Waals surface area contributed by atoms with Crippen LogP contribution in [0.15, 0.2) is 167 Å². The third-order valence-corrected chi connectivity index (χ3v) is 8.78. The van der Waals surface area contributed by atoms with E-state index in [4.69, 9.17) is 19.4 Å². The Balaban J connectivity index is 1.19. The van der Waals surface area contributed by atoms with Gasteiger partial charge in [-0.05, 0) is 24.1 Å². The maximum absolute atomic E-state index is 6.79. The van der Waals surface area contributed by atoms with Gasteiger partial charge in [-0.25, -0.2) is 15.0 Å². The van der Waals surface area contributed by atoms with E-state index >= 15 is 0 Å². The number of rotatable bonds is 7. The highest BCUT2D eigenvalue weighted by atomic mass is 16.3. The Hall–Kier alpha value is -6.66. The Kier molecular flexibility index (Phi) is 8.25. The van der Waals surface area contributed by atoms with Crippen molar-refractivity contribution in [1.29, 1.82) is 0 Å². The van der Waals surface area contributed by atoms with E-state index in [2.05, 4.69) is 77.0 Å². The van der Waals surface area contributed by atoms with Crippen LogP contribution in [0, 0.1) is 0 Å². The van der Waals surface area contributed by atoms with Gasteiger partial charge in [0, 0.05) is 45.8 Å². The van der Waals surface area contributed by atoms with E-state index in [0.717, 1.165) is 72.4 Å². The number of nitrogens with one attached hydrogen (secondary N) is 1. The molecule has 0 saturated heterocycles. The van der Waals surface area contributed by atoms with Crippen molar-refractivity contribution in [3.8, 4) is 45.3 Å². The Morgan fingerprint density at radius 1 is 0.520 bits per heavy atom. The van der Waals surface area contributed by atoms with Crippen molar-refractivity contribution in [3.05, 3.63) is 169 Å². The fourth-order valence-corrected chi connectivity index (χ4v) is 6.27. The van der Waals surface area contributed by atoms with E-state index in [1.54, 1.807) is 7.05 Å². The molecule has 0 atom stereocenters. The second kappa shape index (κ2) is 13.5. The molecule has 0 radical (unpaired) electrons. The van der Waals surface area contributed by atoms with Crippen LogP contribution in [0.2, 0.25) is 0 Å². The maximum Gasteiger partial charge on any atom is 0.167 e. The van der Waals surface area contributed by atoms with E-state index in [1.807, 2.05) is 97.9 Å². The minimum Gasteiger partial charge on any atom is -0.455 e. The Labute approximate surface area is 290 Å². The van der Waals surface area contributed by atoms with Gasteiger partial charge in [-0.1, -0.05) is 152 Å². The standard InChI is InChI=1S/C44H33N5O/c1-3-38(46-41(45-2)31-15-7-4-8-16-31)30-27-25-29(26-28-30)34-21-13-22-35-36-23-14-24-37(40(36)50-39(34)35)44-48-42(32-17-9-5-10-18-32)47-43(49-44)33-19-11-6-12-20-33/h3-28H,1-2H3,(H,45,46)/b38-3-. The Bertz CT molecular complexity index is 2450. The normalized spacial score (nSPS) is 12.0. The number of fused-ring (bicyclic) bond motifs is 3. The molecule has 8 aromatic rings. The molecule has 240 valence electrons. The van der Waals surface area contributed by atoms with Gasteiger partial charge in [0.25, 0.3) is 0 Å². The van der Waals surface area contributed by atoms with Crippen LogP contribution in [-0.2, 0) is 0 Å². The third kappa shape index (κ3) is 5.84.